The molecule has 0 unspecified atom stereocenters. The molecule has 5 heteroatoms. The molecule has 0 saturated heterocycles. The van der Waals surface area contributed by atoms with E-state index in [1.807, 2.05) is 32.0 Å². The van der Waals surface area contributed by atoms with Crippen molar-refractivity contribution in [2.45, 2.75) is 26.7 Å². The first-order valence-corrected chi connectivity index (χ1v) is 6.65. The van der Waals surface area contributed by atoms with Gasteiger partial charge in [-0.1, -0.05) is 18.2 Å². The summed E-state index contributed by atoms with van der Waals surface area (Å²) in [5.41, 5.74) is 3.06. The molecule has 0 atom stereocenters. The maximum Gasteiger partial charge on any atom is 0.255 e. The lowest BCUT2D eigenvalue weighted by Gasteiger charge is -2.21. The Bertz CT molecular complexity index is 437. The number of rotatable bonds is 6. The van der Waals surface area contributed by atoms with Gasteiger partial charge in [0.1, 0.15) is 0 Å². The van der Waals surface area contributed by atoms with E-state index < -0.39 is 13.0 Å². The monoisotopic (exact) mass is 289 g/mol. The number of hydrogen-bond acceptors (Lipinski definition) is 1. The molecule has 2 nitrogen and oxygen atoms in total. The van der Waals surface area contributed by atoms with Gasteiger partial charge in [-0.3, -0.25) is 4.79 Å². The van der Waals surface area contributed by atoms with Crippen molar-refractivity contribution in [3.05, 3.63) is 34.9 Å². The number of hydrogen-bond donors (Lipinski definition) is 0. The van der Waals surface area contributed by atoms with E-state index in [4.69, 9.17) is 11.6 Å². The summed E-state index contributed by atoms with van der Waals surface area (Å²) in [6.07, 6.45) is -2.41. The zero-order chi connectivity index (χ0) is 14.4. The molecule has 1 aromatic rings. The quantitative estimate of drug-likeness (QED) is 0.737. The average Bonchev–Trinajstić information content (AvgIpc) is 2.33. The molecule has 0 radical (unpaired) electrons. The first kappa shape index (κ1) is 15.9. The molecule has 0 saturated carbocycles. The Kier molecular flexibility index (Phi) is 6.22. The van der Waals surface area contributed by atoms with E-state index in [1.54, 1.807) is 0 Å². The fraction of sp³-hybridized carbons (Fsp3) is 0.500. The summed E-state index contributed by atoms with van der Waals surface area (Å²) in [4.78, 5) is 13.1. The van der Waals surface area contributed by atoms with Crippen LogP contribution in [0, 0.1) is 13.8 Å². The lowest BCUT2D eigenvalue weighted by atomic mass is 10.0. The van der Waals surface area contributed by atoms with Crippen LogP contribution in [0.3, 0.4) is 0 Å². The lowest BCUT2D eigenvalue weighted by Crippen LogP contribution is -2.37. The summed E-state index contributed by atoms with van der Waals surface area (Å²) in [7, 11) is 0. The fourth-order valence-electron chi connectivity index (χ4n) is 1.79. The van der Waals surface area contributed by atoms with Crippen molar-refractivity contribution in [1.82, 2.24) is 4.90 Å². The minimum atomic E-state index is -2.54. The minimum Gasteiger partial charge on any atom is -0.335 e. The van der Waals surface area contributed by atoms with Crippen LogP contribution in [-0.2, 0) is 11.2 Å². The predicted molar refractivity (Wildman–Crippen MR) is 72.9 cm³/mol. The topological polar surface area (TPSA) is 20.3 Å². The van der Waals surface area contributed by atoms with E-state index >= 15 is 0 Å². The second kappa shape index (κ2) is 7.43. The third-order valence-electron chi connectivity index (χ3n) is 2.99. The zero-order valence-electron chi connectivity index (χ0n) is 11.1. The molecular formula is C14H18ClF2NO. The van der Waals surface area contributed by atoms with Crippen molar-refractivity contribution < 1.29 is 13.6 Å². The molecule has 0 aliphatic heterocycles. The highest BCUT2D eigenvalue weighted by molar-refractivity contribution is 6.18. The van der Waals surface area contributed by atoms with Gasteiger partial charge in [0.05, 0.1) is 13.0 Å². The van der Waals surface area contributed by atoms with Crippen LogP contribution in [0.1, 0.15) is 16.7 Å². The van der Waals surface area contributed by atoms with Crippen LogP contribution in [0.15, 0.2) is 18.2 Å². The molecule has 0 spiro atoms. The SMILES string of the molecule is Cc1ccc(CC(=O)N(CCCl)CC(F)F)cc1C. The van der Waals surface area contributed by atoms with Crippen molar-refractivity contribution >= 4 is 17.5 Å². The molecule has 0 N–H and O–H groups in total. The fourth-order valence-corrected chi connectivity index (χ4v) is 1.99. The van der Waals surface area contributed by atoms with Crippen LogP contribution in [-0.4, -0.2) is 36.2 Å². The Morgan fingerprint density at radius 3 is 2.53 bits per heavy atom. The Hall–Kier alpha value is -1.16. The van der Waals surface area contributed by atoms with Crippen LogP contribution in [0.4, 0.5) is 8.78 Å². The molecule has 0 aromatic heterocycles. The van der Waals surface area contributed by atoms with Crippen LogP contribution in [0.2, 0.25) is 0 Å². The smallest absolute Gasteiger partial charge is 0.255 e. The summed E-state index contributed by atoms with van der Waals surface area (Å²) >= 11 is 5.53. The van der Waals surface area contributed by atoms with Crippen LogP contribution >= 0.6 is 11.6 Å². The first-order valence-electron chi connectivity index (χ1n) is 6.12. The van der Waals surface area contributed by atoms with Gasteiger partial charge < -0.3 is 4.90 Å². The normalized spacial score (nSPS) is 10.8. The summed E-state index contributed by atoms with van der Waals surface area (Å²) in [5, 5.41) is 0. The van der Waals surface area contributed by atoms with E-state index in [1.165, 1.54) is 0 Å². The number of amides is 1. The third-order valence-corrected chi connectivity index (χ3v) is 3.16. The van der Waals surface area contributed by atoms with Gasteiger partial charge in [-0.15, -0.1) is 11.6 Å². The van der Waals surface area contributed by atoms with Crippen molar-refractivity contribution in [3.8, 4) is 0 Å². The number of alkyl halides is 3. The predicted octanol–water partition coefficient (Wildman–Crippen LogP) is 3.18. The van der Waals surface area contributed by atoms with Gasteiger partial charge in [0.25, 0.3) is 6.43 Å². The Morgan fingerprint density at radius 2 is 2.00 bits per heavy atom. The summed E-state index contributed by atoms with van der Waals surface area (Å²) in [6.45, 7) is 3.53. The maximum absolute atomic E-state index is 12.4. The van der Waals surface area contributed by atoms with E-state index in [-0.39, 0.29) is 24.8 Å². The maximum atomic E-state index is 12.4. The molecule has 0 aliphatic carbocycles. The van der Waals surface area contributed by atoms with Gasteiger partial charge in [-0.05, 0) is 30.5 Å². The number of benzene rings is 1. The van der Waals surface area contributed by atoms with Gasteiger partial charge in [-0.2, -0.15) is 0 Å². The van der Waals surface area contributed by atoms with E-state index in [0.717, 1.165) is 21.6 Å². The molecule has 106 valence electrons. The van der Waals surface area contributed by atoms with Crippen LogP contribution in [0.5, 0.6) is 0 Å². The largest absolute Gasteiger partial charge is 0.335 e. The second-order valence-electron chi connectivity index (χ2n) is 4.52. The van der Waals surface area contributed by atoms with Crippen molar-refractivity contribution in [3.63, 3.8) is 0 Å². The third kappa shape index (κ3) is 5.15. The van der Waals surface area contributed by atoms with Gasteiger partial charge >= 0.3 is 0 Å². The molecule has 1 amide bonds. The number of carbonyl (C=O) groups is 1. The lowest BCUT2D eigenvalue weighted by molar-refractivity contribution is -0.132. The molecule has 0 fully saturated rings. The number of aryl methyl sites for hydroxylation is 2. The highest BCUT2D eigenvalue weighted by atomic mass is 35.5. The highest BCUT2D eigenvalue weighted by Crippen LogP contribution is 2.12. The van der Waals surface area contributed by atoms with Crippen molar-refractivity contribution in [2.75, 3.05) is 19.0 Å². The Balaban J connectivity index is 2.72. The average molecular weight is 290 g/mol. The van der Waals surface area contributed by atoms with E-state index in [2.05, 4.69) is 0 Å². The molecular weight excluding hydrogens is 272 g/mol. The molecule has 0 aliphatic rings. The van der Waals surface area contributed by atoms with Gasteiger partial charge in [0, 0.05) is 12.4 Å². The number of carbonyl (C=O) groups excluding carboxylic acids is 1. The standard InChI is InChI=1S/C14H18ClF2NO/c1-10-3-4-12(7-11(10)2)8-14(19)18(6-5-15)9-13(16)17/h3-4,7,13H,5-6,8-9H2,1-2H3. The summed E-state index contributed by atoms with van der Waals surface area (Å²) in [5.74, 6) is -0.157. The van der Waals surface area contributed by atoms with Gasteiger partial charge in [0.15, 0.2) is 0 Å². The molecule has 0 heterocycles. The van der Waals surface area contributed by atoms with E-state index in [9.17, 15) is 13.6 Å². The minimum absolute atomic E-state index is 0.130. The van der Waals surface area contributed by atoms with Crippen molar-refractivity contribution in [2.24, 2.45) is 0 Å². The van der Waals surface area contributed by atoms with Crippen molar-refractivity contribution in [1.29, 1.82) is 0 Å². The molecule has 1 aromatic carbocycles. The Morgan fingerprint density at radius 1 is 1.32 bits per heavy atom. The zero-order valence-corrected chi connectivity index (χ0v) is 11.9. The van der Waals surface area contributed by atoms with Crippen LogP contribution < -0.4 is 0 Å². The number of halogens is 3. The van der Waals surface area contributed by atoms with Crippen LogP contribution in [0.25, 0.3) is 0 Å². The molecule has 19 heavy (non-hydrogen) atoms. The molecule has 0 bridgehead atoms. The summed E-state index contributed by atoms with van der Waals surface area (Å²) in [6, 6.07) is 5.69. The Labute approximate surface area is 117 Å². The highest BCUT2D eigenvalue weighted by Gasteiger charge is 2.18. The molecule has 1 rings (SSSR count). The first-order chi connectivity index (χ1) is 8.93. The summed E-state index contributed by atoms with van der Waals surface area (Å²) < 4.78 is 24.8. The van der Waals surface area contributed by atoms with Gasteiger partial charge in [-0.25, -0.2) is 8.78 Å². The number of nitrogens with zero attached hydrogens (tertiary/aromatic N) is 1. The second-order valence-corrected chi connectivity index (χ2v) is 4.89. The van der Waals surface area contributed by atoms with E-state index in [0.29, 0.717) is 0 Å². The van der Waals surface area contributed by atoms with Gasteiger partial charge in [0.2, 0.25) is 5.91 Å².